The molecule has 0 unspecified atom stereocenters. The van der Waals surface area contributed by atoms with Crippen molar-refractivity contribution in [3.63, 3.8) is 0 Å². The standard InChI is InChI=1S/C23H24F2N4O3S2/c24-17-7-4-8-18(25)19(17)20(30)21-22(26)28-23(33-21)27-15-9-11-16(12-10-15)29-34(31,32)13-14-5-2-1-3-6-14/h1-8,15-16,29H,9-13,26H2,(H,27,28). The summed E-state index contributed by atoms with van der Waals surface area (Å²) in [6.45, 7) is 0. The minimum atomic E-state index is -3.45. The SMILES string of the molecule is Nc1nc(NC2CCC(NS(=O)(=O)Cc3ccccc3)CC2)sc1C(=O)c1c(F)cccc1F. The van der Waals surface area contributed by atoms with Crippen molar-refractivity contribution < 1.29 is 22.0 Å². The van der Waals surface area contributed by atoms with Crippen LogP contribution in [0.15, 0.2) is 48.5 Å². The predicted octanol–water partition coefficient (Wildman–Crippen LogP) is 4.08. The molecule has 0 radical (unpaired) electrons. The molecule has 0 saturated heterocycles. The summed E-state index contributed by atoms with van der Waals surface area (Å²) in [6.07, 6.45) is 2.64. The van der Waals surface area contributed by atoms with Gasteiger partial charge in [-0.15, -0.1) is 0 Å². The van der Waals surface area contributed by atoms with Crippen molar-refractivity contribution in [2.24, 2.45) is 0 Å². The van der Waals surface area contributed by atoms with Crippen molar-refractivity contribution in [3.05, 3.63) is 76.2 Å². The molecule has 4 rings (SSSR count). The highest BCUT2D eigenvalue weighted by Crippen LogP contribution is 2.31. The normalized spacial score (nSPS) is 18.5. The lowest BCUT2D eigenvalue weighted by Crippen LogP contribution is -2.40. The summed E-state index contributed by atoms with van der Waals surface area (Å²) < 4.78 is 55.7. The Hall–Kier alpha value is -2.89. The van der Waals surface area contributed by atoms with Gasteiger partial charge in [0.15, 0.2) is 5.13 Å². The maximum Gasteiger partial charge on any atom is 0.216 e. The van der Waals surface area contributed by atoms with Gasteiger partial charge in [0.05, 0.1) is 11.3 Å². The molecule has 2 aromatic carbocycles. The number of ketones is 1. The highest BCUT2D eigenvalue weighted by Gasteiger charge is 2.27. The van der Waals surface area contributed by atoms with Gasteiger partial charge in [-0.25, -0.2) is 26.9 Å². The molecular formula is C23H24F2N4O3S2. The summed E-state index contributed by atoms with van der Waals surface area (Å²) in [5.74, 6) is -2.93. The van der Waals surface area contributed by atoms with Crippen LogP contribution in [-0.2, 0) is 15.8 Å². The van der Waals surface area contributed by atoms with Gasteiger partial charge in [0.1, 0.15) is 22.3 Å². The van der Waals surface area contributed by atoms with E-state index in [-0.39, 0.29) is 28.5 Å². The first kappa shape index (κ1) is 24.2. The van der Waals surface area contributed by atoms with E-state index in [1.165, 1.54) is 6.07 Å². The van der Waals surface area contributed by atoms with Crippen LogP contribution in [0.5, 0.6) is 0 Å². The Bertz CT molecular complexity index is 1250. The highest BCUT2D eigenvalue weighted by molar-refractivity contribution is 7.88. The fourth-order valence-corrected chi connectivity index (χ4v) is 6.37. The van der Waals surface area contributed by atoms with Crippen molar-refractivity contribution in [1.82, 2.24) is 9.71 Å². The molecule has 0 amide bonds. The van der Waals surface area contributed by atoms with E-state index < -0.39 is 33.0 Å². The third-order valence-corrected chi connectivity index (χ3v) is 8.06. The Labute approximate surface area is 200 Å². The van der Waals surface area contributed by atoms with Gasteiger partial charge in [-0.3, -0.25) is 4.79 Å². The van der Waals surface area contributed by atoms with E-state index in [2.05, 4.69) is 15.0 Å². The Morgan fingerprint density at radius 1 is 1.00 bits per heavy atom. The zero-order valence-electron chi connectivity index (χ0n) is 18.1. The van der Waals surface area contributed by atoms with Gasteiger partial charge in [-0.1, -0.05) is 47.7 Å². The summed E-state index contributed by atoms with van der Waals surface area (Å²) in [5, 5.41) is 3.59. The second-order valence-corrected chi connectivity index (χ2v) is 11.0. The average molecular weight is 507 g/mol. The summed E-state index contributed by atoms with van der Waals surface area (Å²) in [4.78, 5) is 16.7. The molecule has 0 bridgehead atoms. The van der Waals surface area contributed by atoms with Gasteiger partial charge in [0.2, 0.25) is 15.8 Å². The number of hydrogen-bond acceptors (Lipinski definition) is 7. The van der Waals surface area contributed by atoms with Gasteiger partial charge < -0.3 is 11.1 Å². The molecule has 4 N–H and O–H groups in total. The number of nitrogen functional groups attached to an aromatic ring is 1. The van der Waals surface area contributed by atoms with Crippen molar-refractivity contribution in [1.29, 1.82) is 0 Å². The lowest BCUT2D eigenvalue weighted by atomic mass is 9.92. The van der Waals surface area contributed by atoms with Crippen LogP contribution in [0.25, 0.3) is 0 Å². The summed E-state index contributed by atoms with van der Waals surface area (Å²) in [7, 11) is -3.45. The molecule has 0 spiro atoms. The van der Waals surface area contributed by atoms with Crippen molar-refractivity contribution >= 4 is 38.1 Å². The molecule has 1 heterocycles. The van der Waals surface area contributed by atoms with Crippen LogP contribution >= 0.6 is 11.3 Å². The Balaban J connectivity index is 1.34. The minimum absolute atomic E-state index is 0.00794. The number of hydrogen-bond donors (Lipinski definition) is 3. The quantitative estimate of drug-likeness (QED) is 0.397. The molecule has 0 atom stereocenters. The van der Waals surface area contributed by atoms with E-state index in [0.29, 0.717) is 30.8 Å². The highest BCUT2D eigenvalue weighted by atomic mass is 32.2. The number of benzene rings is 2. The van der Waals surface area contributed by atoms with E-state index in [0.717, 1.165) is 29.0 Å². The van der Waals surface area contributed by atoms with Crippen LogP contribution in [0.4, 0.5) is 19.7 Å². The first-order valence-corrected chi connectivity index (χ1v) is 13.2. The minimum Gasteiger partial charge on any atom is -0.382 e. The predicted molar refractivity (Wildman–Crippen MR) is 128 cm³/mol. The van der Waals surface area contributed by atoms with E-state index in [9.17, 15) is 22.0 Å². The number of rotatable bonds is 8. The van der Waals surface area contributed by atoms with E-state index in [1.807, 2.05) is 6.07 Å². The zero-order chi connectivity index (χ0) is 24.3. The van der Waals surface area contributed by atoms with E-state index >= 15 is 0 Å². The smallest absolute Gasteiger partial charge is 0.216 e. The number of nitrogens with one attached hydrogen (secondary N) is 2. The number of aromatic nitrogens is 1. The third-order valence-electron chi connectivity index (χ3n) is 5.65. The zero-order valence-corrected chi connectivity index (χ0v) is 19.8. The van der Waals surface area contributed by atoms with Crippen LogP contribution in [0.3, 0.4) is 0 Å². The fourth-order valence-electron chi connectivity index (χ4n) is 4.00. The van der Waals surface area contributed by atoms with Crippen molar-refractivity contribution in [3.8, 4) is 0 Å². The summed E-state index contributed by atoms with van der Waals surface area (Å²) in [5.41, 5.74) is 5.93. The molecule has 11 heteroatoms. The van der Waals surface area contributed by atoms with Gasteiger partial charge in [-0.05, 0) is 43.4 Å². The first-order valence-electron chi connectivity index (χ1n) is 10.8. The molecule has 0 aliphatic heterocycles. The van der Waals surface area contributed by atoms with E-state index in [4.69, 9.17) is 5.73 Å². The van der Waals surface area contributed by atoms with Crippen LogP contribution in [0, 0.1) is 11.6 Å². The number of nitrogens with two attached hydrogens (primary N) is 1. The molecule has 1 saturated carbocycles. The third kappa shape index (κ3) is 5.78. The number of nitrogens with zero attached hydrogens (tertiary/aromatic N) is 1. The molecule has 1 aliphatic rings. The van der Waals surface area contributed by atoms with Crippen molar-refractivity contribution in [2.75, 3.05) is 11.1 Å². The average Bonchev–Trinajstić information content (AvgIpc) is 3.15. The molecule has 1 fully saturated rings. The summed E-state index contributed by atoms with van der Waals surface area (Å²) >= 11 is 0.944. The van der Waals surface area contributed by atoms with Crippen LogP contribution in [0.2, 0.25) is 0 Å². The van der Waals surface area contributed by atoms with Crippen LogP contribution in [-0.4, -0.2) is 31.3 Å². The Kier molecular flexibility index (Phi) is 7.24. The van der Waals surface area contributed by atoms with Crippen LogP contribution < -0.4 is 15.8 Å². The van der Waals surface area contributed by atoms with Gasteiger partial charge >= 0.3 is 0 Å². The fraction of sp³-hybridized carbons (Fsp3) is 0.304. The van der Waals surface area contributed by atoms with Gasteiger partial charge in [0.25, 0.3) is 0 Å². The number of halogens is 2. The maximum atomic E-state index is 14.0. The van der Waals surface area contributed by atoms with Crippen molar-refractivity contribution in [2.45, 2.75) is 43.5 Å². The lowest BCUT2D eigenvalue weighted by Gasteiger charge is -2.29. The molecule has 3 aromatic rings. The maximum absolute atomic E-state index is 14.0. The summed E-state index contributed by atoms with van der Waals surface area (Å²) in [6, 6.07) is 12.1. The number of anilines is 2. The molecule has 7 nitrogen and oxygen atoms in total. The molecular weight excluding hydrogens is 482 g/mol. The largest absolute Gasteiger partial charge is 0.382 e. The van der Waals surface area contributed by atoms with Crippen LogP contribution in [0.1, 0.15) is 46.5 Å². The Morgan fingerprint density at radius 3 is 2.26 bits per heavy atom. The molecule has 34 heavy (non-hydrogen) atoms. The van der Waals surface area contributed by atoms with Gasteiger partial charge in [0, 0.05) is 12.1 Å². The second kappa shape index (κ2) is 10.2. The second-order valence-electron chi connectivity index (χ2n) is 8.21. The molecule has 1 aromatic heterocycles. The topological polar surface area (TPSA) is 114 Å². The number of sulfonamides is 1. The number of thiazole rings is 1. The lowest BCUT2D eigenvalue weighted by molar-refractivity contribution is 0.103. The van der Waals surface area contributed by atoms with E-state index in [1.54, 1.807) is 24.3 Å². The molecule has 1 aliphatic carbocycles. The monoisotopic (exact) mass is 506 g/mol. The number of carbonyl (C=O) groups is 1. The molecule has 180 valence electrons. The first-order chi connectivity index (χ1) is 16.2. The number of carbonyl (C=O) groups excluding carboxylic acids is 1. The Morgan fingerprint density at radius 2 is 1.62 bits per heavy atom. The van der Waals surface area contributed by atoms with Gasteiger partial charge in [-0.2, -0.15) is 0 Å².